The van der Waals surface area contributed by atoms with Crippen molar-refractivity contribution in [3.05, 3.63) is 34.9 Å². The van der Waals surface area contributed by atoms with Gasteiger partial charge in [0.15, 0.2) is 5.78 Å². The Labute approximate surface area is 134 Å². The highest BCUT2D eigenvalue weighted by atomic mass is 35.5. The summed E-state index contributed by atoms with van der Waals surface area (Å²) in [6.45, 7) is 0.483. The molecule has 1 aliphatic heterocycles. The van der Waals surface area contributed by atoms with Gasteiger partial charge in [-0.2, -0.15) is 0 Å². The van der Waals surface area contributed by atoms with Gasteiger partial charge in [0.2, 0.25) is 5.91 Å². The molecule has 1 aromatic carbocycles. The number of methoxy groups -OCH3 is 1. The third-order valence-corrected chi connectivity index (χ3v) is 4.05. The van der Waals surface area contributed by atoms with Crippen molar-refractivity contribution in [3.8, 4) is 0 Å². The number of piperidine rings is 1. The maximum atomic E-state index is 12.2. The minimum absolute atomic E-state index is 0.0589. The first-order valence-electron chi connectivity index (χ1n) is 7.14. The van der Waals surface area contributed by atoms with Crippen LogP contribution in [0.15, 0.2) is 24.3 Å². The van der Waals surface area contributed by atoms with E-state index < -0.39 is 11.9 Å². The molecular weight excluding hydrogens is 306 g/mol. The summed E-state index contributed by atoms with van der Waals surface area (Å²) >= 11 is 5.82. The first-order chi connectivity index (χ1) is 10.5. The topological polar surface area (TPSA) is 63.7 Å². The molecule has 1 aromatic rings. The van der Waals surface area contributed by atoms with E-state index in [1.165, 1.54) is 7.11 Å². The Bertz CT molecular complexity index is 562. The number of amides is 1. The van der Waals surface area contributed by atoms with Crippen LogP contribution in [0.5, 0.6) is 0 Å². The van der Waals surface area contributed by atoms with Gasteiger partial charge in [-0.15, -0.1) is 0 Å². The molecule has 0 spiro atoms. The Morgan fingerprint density at radius 3 is 2.64 bits per heavy atom. The molecule has 1 fully saturated rings. The van der Waals surface area contributed by atoms with Gasteiger partial charge in [0.05, 0.1) is 7.11 Å². The molecule has 0 saturated carbocycles. The van der Waals surface area contributed by atoms with E-state index in [0.29, 0.717) is 24.4 Å². The van der Waals surface area contributed by atoms with Crippen LogP contribution in [0.1, 0.15) is 18.4 Å². The smallest absolute Gasteiger partial charge is 0.318 e. The Morgan fingerprint density at radius 2 is 2.00 bits per heavy atom. The van der Waals surface area contributed by atoms with Crippen molar-refractivity contribution in [2.75, 3.05) is 20.2 Å². The molecule has 1 saturated heterocycles. The van der Waals surface area contributed by atoms with Crippen molar-refractivity contribution >= 4 is 29.3 Å². The quantitative estimate of drug-likeness (QED) is 0.627. The van der Waals surface area contributed by atoms with Gasteiger partial charge in [0, 0.05) is 31.0 Å². The fourth-order valence-electron chi connectivity index (χ4n) is 2.47. The molecule has 0 aromatic heterocycles. The van der Waals surface area contributed by atoms with Gasteiger partial charge in [-0.05, 0) is 24.1 Å². The van der Waals surface area contributed by atoms with E-state index in [4.69, 9.17) is 11.6 Å². The Morgan fingerprint density at radius 1 is 1.32 bits per heavy atom. The molecule has 1 unspecified atom stereocenters. The fraction of sp³-hybridized carbons (Fsp3) is 0.438. The summed E-state index contributed by atoms with van der Waals surface area (Å²) in [6, 6.07) is 7.33. The monoisotopic (exact) mass is 323 g/mol. The van der Waals surface area contributed by atoms with Crippen LogP contribution in [0, 0.1) is 5.92 Å². The number of likely N-dealkylation sites (tertiary alicyclic amines) is 1. The van der Waals surface area contributed by atoms with Gasteiger partial charge in [-0.25, -0.2) is 0 Å². The molecule has 1 aliphatic rings. The number of halogens is 1. The number of ether oxygens (including phenoxy) is 1. The number of hydrogen-bond acceptors (Lipinski definition) is 4. The zero-order valence-corrected chi connectivity index (χ0v) is 13.1. The number of carbonyl (C=O) groups excluding carboxylic acids is 3. The van der Waals surface area contributed by atoms with Crippen LogP contribution < -0.4 is 0 Å². The van der Waals surface area contributed by atoms with Crippen LogP contribution in [0.2, 0.25) is 5.02 Å². The lowest BCUT2D eigenvalue weighted by atomic mass is 9.96. The lowest BCUT2D eigenvalue weighted by Gasteiger charge is -2.30. The molecule has 1 atom stereocenters. The van der Waals surface area contributed by atoms with E-state index in [-0.39, 0.29) is 24.7 Å². The summed E-state index contributed by atoms with van der Waals surface area (Å²) in [5.74, 6) is -1.64. The highest BCUT2D eigenvalue weighted by molar-refractivity contribution is 6.30. The molecule has 0 radical (unpaired) electrons. The number of aryl methyl sites for hydroxylation is 1. The second kappa shape index (κ2) is 7.40. The van der Waals surface area contributed by atoms with E-state index >= 15 is 0 Å². The molecule has 0 aliphatic carbocycles. The largest absolute Gasteiger partial charge is 0.468 e. The zero-order valence-electron chi connectivity index (χ0n) is 12.4. The lowest BCUT2D eigenvalue weighted by molar-refractivity contribution is -0.153. The van der Waals surface area contributed by atoms with Gasteiger partial charge < -0.3 is 9.64 Å². The standard InChI is InChI=1S/C16H18ClNO4/c1-22-16(21)13-10-18(9-8-14(13)19)15(20)7-4-11-2-5-12(17)6-3-11/h2-3,5-6,13H,4,7-10H2,1H3. The molecule has 2 rings (SSSR count). The molecule has 22 heavy (non-hydrogen) atoms. The zero-order chi connectivity index (χ0) is 16.1. The summed E-state index contributed by atoms with van der Waals surface area (Å²) in [4.78, 5) is 37.1. The van der Waals surface area contributed by atoms with Gasteiger partial charge >= 0.3 is 5.97 Å². The highest BCUT2D eigenvalue weighted by Crippen LogP contribution is 2.17. The minimum Gasteiger partial charge on any atom is -0.468 e. The summed E-state index contributed by atoms with van der Waals surface area (Å²) in [5.41, 5.74) is 1.02. The SMILES string of the molecule is COC(=O)C1CN(C(=O)CCc2ccc(Cl)cc2)CCC1=O. The normalized spacial score (nSPS) is 18.2. The fourth-order valence-corrected chi connectivity index (χ4v) is 2.59. The Kier molecular flexibility index (Phi) is 5.55. The summed E-state index contributed by atoms with van der Waals surface area (Å²) in [6.07, 6.45) is 1.14. The molecule has 1 heterocycles. The summed E-state index contributed by atoms with van der Waals surface area (Å²) in [7, 11) is 1.25. The number of carbonyl (C=O) groups is 3. The van der Waals surface area contributed by atoms with Gasteiger partial charge in [0.25, 0.3) is 0 Å². The average Bonchev–Trinajstić information content (AvgIpc) is 2.53. The molecular formula is C16H18ClNO4. The molecule has 0 N–H and O–H groups in total. The lowest BCUT2D eigenvalue weighted by Crippen LogP contribution is -2.47. The number of nitrogens with zero attached hydrogens (tertiary/aromatic N) is 1. The maximum absolute atomic E-state index is 12.2. The first-order valence-corrected chi connectivity index (χ1v) is 7.52. The van der Waals surface area contributed by atoms with Gasteiger partial charge in [-0.1, -0.05) is 23.7 Å². The summed E-state index contributed by atoms with van der Waals surface area (Å²) in [5, 5.41) is 0.658. The molecule has 6 heteroatoms. The van der Waals surface area contributed by atoms with E-state index in [1.807, 2.05) is 12.1 Å². The van der Waals surface area contributed by atoms with Crippen LogP contribution in [0.3, 0.4) is 0 Å². The summed E-state index contributed by atoms with van der Waals surface area (Å²) < 4.78 is 4.62. The first kappa shape index (κ1) is 16.5. The Hall–Kier alpha value is -1.88. The number of esters is 1. The highest BCUT2D eigenvalue weighted by Gasteiger charge is 2.35. The number of benzene rings is 1. The third-order valence-electron chi connectivity index (χ3n) is 3.80. The van der Waals surface area contributed by atoms with Crippen molar-refractivity contribution in [2.45, 2.75) is 19.3 Å². The number of rotatable bonds is 4. The van der Waals surface area contributed by atoms with Crippen LogP contribution in [0.4, 0.5) is 0 Å². The van der Waals surface area contributed by atoms with Crippen LogP contribution in [0.25, 0.3) is 0 Å². The van der Waals surface area contributed by atoms with Crippen molar-refractivity contribution in [2.24, 2.45) is 5.92 Å². The minimum atomic E-state index is -0.849. The molecule has 0 bridgehead atoms. The number of ketones is 1. The van der Waals surface area contributed by atoms with E-state index in [2.05, 4.69) is 4.74 Å². The van der Waals surface area contributed by atoms with Crippen molar-refractivity contribution < 1.29 is 19.1 Å². The Balaban J connectivity index is 1.90. The van der Waals surface area contributed by atoms with Crippen LogP contribution in [-0.4, -0.2) is 42.8 Å². The molecule has 5 nitrogen and oxygen atoms in total. The molecule has 1 amide bonds. The van der Waals surface area contributed by atoms with E-state index in [9.17, 15) is 14.4 Å². The second-order valence-corrected chi connectivity index (χ2v) is 5.69. The third kappa shape index (κ3) is 4.07. The van der Waals surface area contributed by atoms with Crippen molar-refractivity contribution in [3.63, 3.8) is 0 Å². The van der Waals surface area contributed by atoms with Crippen molar-refractivity contribution in [1.82, 2.24) is 4.90 Å². The number of hydrogen-bond donors (Lipinski definition) is 0. The van der Waals surface area contributed by atoms with Crippen LogP contribution >= 0.6 is 11.6 Å². The second-order valence-electron chi connectivity index (χ2n) is 5.26. The predicted octanol–water partition coefficient (Wildman–Crippen LogP) is 1.86. The number of Topliss-reactive ketones (excluding diaryl/α,β-unsaturated/α-hetero) is 1. The predicted molar refractivity (Wildman–Crippen MR) is 81.5 cm³/mol. The van der Waals surface area contributed by atoms with Crippen molar-refractivity contribution in [1.29, 1.82) is 0 Å². The van der Waals surface area contributed by atoms with Gasteiger partial charge in [0.1, 0.15) is 5.92 Å². The maximum Gasteiger partial charge on any atom is 0.318 e. The van der Waals surface area contributed by atoms with E-state index in [1.54, 1.807) is 17.0 Å². The van der Waals surface area contributed by atoms with Gasteiger partial charge in [-0.3, -0.25) is 14.4 Å². The molecule has 118 valence electrons. The average molecular weight is 324 g/mol. The van der Waals surface area contributed by atoms with Crippen LogP contribution in [-0.2, 0) is 25.5 Å². The van der Waals surface area contributed by atoms with E-state index in [0.717, 1.165) is 5.56 Å².